The number of hydrogen-bond acceptors (Lipinski definition) is 1. The molecule has 0 spiro atoms. The first kappa shape index (κ1) is 11.6. The Morgan fingerprint density at radius 3 is 2.62 bits per heavy atom. The Balaban J connectivity index is 1.77. The topological polar surface area (TPSA) is 12.0 Å². The second-order valence-electron chi connectivity index (χ2n) is 4.79. The van der Waals surface area contributed by atoms with Gasteiger partial charge in [0.05, 0.1) is 0 Å². The highest BCUT2D eigenvalue weighted by Gasteiger charge is 2.22. The standard InChI is InChI=1S/C14H20FN/c1-2-11-5-8-14(9-11)16-10-12-3-6-13(15)7-4-12/h3-4,6-7,11,14,16H,2,5,8-10H2,1H3. The van der Waals surface area contributed by atoms with Crippen LogP contribution in [0.15, 0.2) is 24.3 Å². The third-order valence-corrected chi connectivity index (χ3v) is 3.63. The van der Waals surface area contributed by atoms with Crippen molar-refractivity contribution < 1.29 is 4.39 Å². The summed E-state index contributed by atoms with van der Waals surface area (Å²) in [5, 5.41) is 3.56. The average molecular weight is 221 g/mol. The first-order valence-electron chi connectivity index (χ1n) is 6.25. The summed E-state index contributed by atoms with van der Waals surface area (Å²) < 4.78 is 12.7. The van der Waals surface area contributed by atoms with Crippen LogP contribution < -0.4 is 5.32 Å². The van der Waals surface area contributed by atoms with Crippen LogP contribution in [-0.4, -0.2) is 6.04 Å². The van der Waals surface area contributed by atoms with Crippen molar-refractivity contribution in [3.63, 3.8) is 0 Å². The molecule has 1 fully saturated rings. The summed E-state index contributed by atoms with van der Waals surface area (Å²) in [6.07, 6.45) is 5.25. The molecule has 1 saturated carbocycles. The normalized spacial score (nSPS) is 24.9. The van der Waals surface area contributed by atoms with E-state index in [4.69, 9.17) is 0 Å². The predicted octanol–water partition coefficient (Wildman–Crippen LogP) is 3.49. The Kier molecular flexibility index (Phi) is 3.94. The van der Waals surface area contributed by atoms with Gasteiger partial charge in [0, 0.05) is 12.6 Å². The van der Waals surface area contributed by atoms with Gasteiger partial charge in [-0.05, 0) is 42.9 Å². The summed E-state index contributed by atoms with van der Waals surface area (Å²) in [7, 11) is 0. The van der Waals surface area contributed by atoms with Gasteiger partial charge in [-0.1, -0.05) is 25.5 Å². The van der Waals surface area contributed by atoms with E-state index in [0.717, 1.165) is 12.5 Å². The quantitative estimate of drug-likeness (QED) is 0.820. The van der Waals surface area contributed by atoms with Crippen molar-refractivity contribution in [3.05, 3.63) is 35.6 Å². The average Bonchev–Trinajstić information content (AvgIpc) is 2.76. The molecule has 2 heteroatoms. The number of nitrogens with one attached hydrogen (secondary N) is 1. The van der Waals surface area contributed by atoms with Crippen LogP contribution in [0.3, 0.4) is 0 Å². The summed E-state index contributed by atoms with van der Waals surface area (Å²) in [4.78, 5) is 0. The smallest absolute Gasteiger partial charge is 0.123 e. The lowest BCUT2D eigenvalue weighted by Crippen LogP contribution is -2.25. The number of rotatable bonds is 4. The maximum atomic E-state index is 12.7. The summed E-state index contributed by atoms with van der Waals surface area (Å²) >= 11 is 0. The summed E-state index contributed by atoms with van der Waals surface area (Å²) in [5.41, 5.74) is 1.17. The van der Waals surface area contributed by atoms with Gasteiger partial charge in [-0.2, -0.15) is 0 Å². The molecule has 0 aliphatic heterocycles. The highest BCUT2D eigenvalue weighted by molar-refractivity contribution is 5.15. The number of hydrogen-bond donors (Lipinski definition) is 1. The molecule has 1 aliphatic carbocycles. The van der Waals surface area contributed by atoms with Crippen LogP contribution in [0, 0.1) is 11.7 Å². The fourth-order valence-corrected chi connectivity index (χ4v) is 2.50. The lowest BCUT2D eigenvalue weighted by atomic mass is 10.1. The lowest BCUT2D eigenvalue weighted by Gasteiger charge is -2.12. The van der Waals surface area contributed by atoms with E-state index >= 15 is 0 Å². The van der Waals surface area contributed by atoms with Gasteiger partial charge < -0.3 is 5.32 Å². The van der Waals surface area contributed by atoms with E-state index in [9.17, 15) is 4.39 Å². The summed E-state index contributed by atoms with van der Waals surface area (Å²) in [6.45, 7) is 3.13. The Morgan fingerprint density at radius 1 is 1.25 bits per heavy atom. The van der Waals surface area contributed by atoms with Gasteiger partial charge >= 0.3 is 0 Å². The molecule has 1 aromatic rings. The van der Waals surface area contributed by atoms with E-state index in [2.05, 4.69) is 12.2 Å². The molecule has 0 heterocycles. The third kappa shape index (κ3) is 3.05. The van der Waals surface area contributed by atoms with E-state index in [1.165, 1.54) is 43.4 Å². The Bertz CT molecular complexity index is 320. The second kappa shape index (κ2) is 5.44. The molecule has 2 unspecified atom stereocenters. The molecule has 2 atom stereocenters. The molecular weight excluding hydrogens is 201 g/mol. The van der Waals surface area contributed by atoms with Crippen molar-refractivity contribution >= 4 is 0 Å². The fraction of sp³-hybridized carbons (Fsp3) is 0.571. The first-order chi connectivity index (χ1) is 7.78. The number of halogens is 1. The molecule has 1 aromatic carbocycles. The summed E-state index contributed by atoms with van der Waals surface area (Å²) in [6, 6.07) is 7.43. The largest absolute Gasteiger partial charge is 0.310 e. The van der Waals surface area contributed by atoms with Crippen LogP contribution in [0.1, 0.15) is 38.2 Å². The highest BCUT2D eigenvalue weighted by atomic mass is 19.1. The van der Waals surface area contributed by atoms with Crippen LogP contribution in [0.2, 0.25) is 0 Å². The zero-order chi connectivity index (χ0) is 11.4. The van der Waals surface area contributed by atoms with Crippen LogP contribution in [0.25, 0.3) is 0 Å². The van der Waals surface area contributed by atoms with Gasteiger partial charge in [0.15, 0.2) is 0 Å². The monoisotopic (exact) mass is 221 g/mol. The van der Waals surface area contributed by atoms with Crippen molar-refractivity contribution in [1.29, 1.82) is 0 Å². The summed E-state index contributed by atoms with van der Waals surface area (Å²) in [5.74, 6) is 0.751. The van der Waals surface area contributed by atoms with Gasteiger partial charge in [0.2, 0.25) is 0 Å². The highest BCUT2D eigenvalue weighted by Crippen LogP contribution is 2.27. The van der Waals surface area contributed by atoms with Crippen molar-refractivity contribution in [2.75, 3.05) is 0 Å². The van der Waals surface area contributed by atoms with Gasteiger partial charge in [-0.25, -0.2) is 4.39 Å². The molecule has 2 rings (SSSR count). The molecule has 0 radical (unpaired) electrons. The van der Waals surface area contributed by atoms with Crippen molar-refractivity contribution in [2.24, 2.45) is 5.92 Å². The molecule has 0 aromatic heterocycles. The molecule has 1 nitrogen and oxygen atoms in total. The third-order valence-electron chi connectivity index (χ3n) is 3.63. The van der Waals surface area contributed by atoms with Gasteiger partial charge in [-0.3, -0.25) is 0 Å². The Hall–Kier alpha value is -0.890. The van der Waals surface area contributed by atoms with Gasteiger partial charge in [-0.15, -0.1) is 0 Å². The molecular formula is C14H20FN. The Morgan fingerprint density at radius 2 is 2.00 bits per heavy atom. The maximum absolute atomic E-state index is 12.7. The van der Waals surface area contributed by atoms with E-state index in [1.807, 2.05) is 12.1 Å². The lowest BCUT2D eigenvalue weighted by molar-refractivity contribution is 0.476. The van der Waals surface area contributed by atoms with Crippen LogP contribution >= 0.6 is 0 Å². The van der Waals surface area contributed by atoms with Crippen molar-refractivity contribution in [3.8, 4) is 0 Å². The van der Waals surface area contributed by atoms with E-state index < -0.39 is 0 Å². The first-order valence-corrected chi connectivity index (χ1v) is 6.25. The number of benzene rings is 1. The predicted molar refractivity (Wildman–Crippen MR) is 64.7 cm³/mol. The molecule has 88 valence electrons. The molecule has 1 N–H and O–H groups in total. The molecule has 0 bridgehead atoms. The van der Waals surface area contributed by atoms with E-state index in [-0.39, 0.29) is 5.82 Å². The van der Waals surface area contributed by atoms with Crippen molar-refractivity contribution in [2.45, 2.75) is 45.2 Å². The molecule has 0 saturated heterocycles. The van der Waals surface area contributed by atoms with Crippen LogP contribution in [0.4, 0.5) is 4.39 Å². The Labute approximate surface area is 97.1 Å². The fourth-order valence-electron chi connectivity index (χ4n) is 2.50. The minimum atomic E-state index is -0.157. The molecule has 16 heavy (non-hydrogen) atoms. The van der Waals surface area contributed by atoms with E-state index in [0.29, 0.717) is 6.04 Å². The van der Waals surface area contributed by atoms with Crippen LogP contribution in [-0.2, 0) is 6.54 Å². The van der Waals surface area contributed by atoms with Gasteiger partial charge in [0.25, 0.3) is 0 Å². The van der Waals surface area contributed by atoms with Crippen LogP contribution in [0.5, 0.6) is 0 Å². The second-order valence-corrected chi connectivity index (χ2v) is 4.79. The zero-order valence-electron chi connectivity index (χ0n) is 9.88. The maximum Gasteiger partial charge on any atom is 0.123 e. The minimum absolute atomic E-state index is 0.157. The van der Waals surface area contributed by atoms with E-state index in [1.54, 1.807) is 0 Å². The molecule has 0 amide bonds. The zero-order valence-corrected chi connectivity index (χ0v) is 9.88. The SMILES string of the molecule is CCC1CCC(NCc2ccc(F)cc2)C1. The van der Waals surface area contributed by atoms with Gasteiger partial charge in [0.1, 0.15) is 5.82 Å². The minimum Gasteiger partial charge on any atom is -0.310 e. The molecule has 1 aliphatic rings. The van der Waals surface area contributed by atoms with Crippen molar-refractivity contribution in [1.82, 2.24) is 5.32 Å².